The molecular formula is C8H12F3NO3. The molecule has 7 heteroatoms. The van der Waals surface area contributed by atoms with Crippen LogP contribution in [0.4, 0.5) is 13.2 Å². The normalized spacial score (nSPS) is 31.9. The van der Waals surface area contributed by atoms with Crippen molar-refractivity contribution in [3.63, 3.8) is 0 Å². The molecule has 0 saturated heterocycles. The Balaban J connectivity index is 2.45. The van der Waals surface area contributed by atoms with Gasteiger partial charge in [-0.15, -0.1) is 0 Å². The van der Waals surface area contributed by atoms with E-state index in [-0.39, 0.29) is 19.3 Å². The van der Waals surface area contributed by atoms with Crippen molar-refractivity contribution in [2.75, 3.05) is 6.54 Å². The zero-order chi connectivity index (χ0) is 11.7. The molecule has 3 N–H and O–H groups in total. The van der Waals surface area contributed by atoms with Gasteiger partial charge in [0.1, 0.15) is 0 Å². The fourth-order valence-corrected chi connectivity index (χ4v) is 1.74. The minimum absolute atomic E-state index is 0.0764. The first-order valence-corrected chi connectivity index (χ1v) is 4.49. The van der Waals surface area contributed by atoms with Crippen molar-refractivity contribution in [2.45, 2.75) is 31.2 Å². The number of carbonyl (C=O) groups is 1. The third kappa shape index (κ3) is 3.67. The van der Waals surface area contributed by atoms with Gasteiger partial charge in [0.05, 0.1) is 11.5 Å². The predicted octanol–water partition coefficient (Wildman–Crippen LogP) is 0.712. The number of halogens is 3. The van der Waals surface area contributed by atoms with Gasteiger partial charge in [-0.25, -0.2) is 5.32 Å². The van der Waals surface area contributed by atoms with Crippen molar-refractivity contribution in [1.82, 2.24) is 5.32 Å². The Labute approximate surface area is 84.1 Å². The van der Waals surface area contributed by atoms with E-state index in [9.17, 15) is 23.1 Å². The lowest BCUT2D eigenvalue weighted by Crippen LogP contribution is -2.44. The summed E-state index contributed by atoms with van der Waals surface area (Å²) in [5.41, 5.74) is -1.56. The van der Waals surface area contributed by atoms with E-state index in [1.165, 1.54) is 5.32 Å². The molecule has 2 atom stereocenters. The fraction of sp³-hybridized carbons (Fsp3) is 0.875. The number of aliphatic hydroxyl groups is 1. The third-order valence-electron chi connectivity index (χ3n) is 2.55. The summed E-state index contributed by atoms with van der Waals surface area (Å²) in [5, 5.41) is 19.5. The topological polar surface area (TPSA) is 69.6 Å². The van der Waals surface area contributed by atoms with Crippen LogP contribution in [0.5, 0.6) is 0 Å². The molecule has 0 aromatic heterocycles. The van der Waals surface area contributed by atoms with E-state index in [0.29, 0.717) is 0 Å². The van der Waals surface area contributed by atoms with E-state index < -0.39 is 30.3 Å². The summed E-state index contributed by atoms with van der Waals surface area (Å²) in [7, 11) is 0. The quantitative estimate of drug-likeness (QED) is 0.621. The average Bonchev–Trinajstić information content (AvgIpc) is 2.45. The van der Waals surface area contributed by atoms with Crippen LogP contribution < -0.4 is 5.32 Å². The summed E-state index contributed by atoms with van der Waals surface area (Å²) >= 11 is 0. The molecule has 2 unspecified atom stereocenters. The number of aliphatic carboxylic acids is 1. The van der Waals surface area contributed by atoms with E-state index in [2.05, 4.69) is 0 Å². The van der Waals surface area contributed by atoms with Crippen molar-refractivity contribution in [3.8, 4) is 0 Å². The summed E-state index contributed by atoms with van der Waals surface area (Å²) in [6, 6.07) is 0. The maximum atomic E-state index is 11.8. The Hall–Kier alpha value is -0.820. The Morgan fingerprint density at radius 2 is 2.13 bits per heavy atom. The average molecular weight is 227 g/mol. The second kappa shape index (κ2) is 3.97. The highest BCUT2D eigenvalue weighted by atomic mass is 19.4. The molecule has 15 heavy (non-hydrogen) atoms. The van der Waals surface area contributed by atoms with Gasteiger partial charge in [-0.3, -0.25) is 4.79 Å². The lowest BCUT2D eigenvalue weighted by molar-refractivity contribution is -0.166. The number of alkyl halides is 3. The highest BCUT2D eigenvalue weighted by Crippen LogP contribution is 2.34. The first kappa shape index (κ1) is 12.3. The lowest BCUT2D eigenvalue weighted by Gasteiger charge is -2.23. The van der Waals surface area contributed by atoms with Crippen molar-refractivity contribution in [1.29, 1.82) is 0 Å². The van der Waals surface area contributed by atoms with Gasteiger partial charge in [0.15, 0.2) is 0 Å². The molecule has 4 nitrogen and oxygen atoms in total. The van der Waals surface area contributed by atoms with E-state index in [0.717, 1.165) is 0 Å². The van der Waals surface area contributed by atoms with Gasteiger partial charge in [-0.2, -0.15) is 13.2 Å². The molecule has 0 aromatic rings. The number of hydrogen-bond acceptors (Lipinski definition) is 3. The second-order valence-electron chi connectivity index (χ2n) is 3.85. The highest BCUT2D eigenvalue weighted by molar-refractivity contribution is 5.70. The first-order valence-electron chi connectivity index (χ1n) is 4.49. The summed E-state index contributed by atoms with van der Waals surface area (Å²) < 4.78 is 35.4. The molecule has 88 valence electrons. The summed E-state index contributed by atoms with van der Waals surface area (Å²) in [6.07, 6.45) is -4.39. The minimum atomic E-state index is -4.54. The molecule has 1 fully saturated rings. The van der Waals surface area contributed by atoms with Gasteiger partial charge >= 0.3 is 12.3 Å². The van der Waals surface area contributed by atoms with Crippen molar-refractivity contribution < 1.29 is 28.2 Å². The van der Waals surface area contributed by atoms with E-state index in [4.69, 9.17) is 5.11 Å². The smallest absolute Gasteiger partial charge is 0.457 e. The van der Waals surface area contributed by atoms with E-state index in [1.807, 2.05) is 0 Å². The maximum absolute atomic E-state index is 11.8. The molecule has 0 amide bonds. The number of rotatable bonds is 3. The van der Waals surface area contributed by atoms with Crippen LogP contribution in [0.25, 0.3) is 0 Å². The largest absolute Gasteiger partial charge is 0.481 e. The van der Waals surface area contributed by atoms with Crippen LogP contribution in [0.2, 0.25) is 0 Å². The van der Waals surface area contributed by atoms with Crippen molar-refractivity contribution in [3.05, 3.63) is 0 Å². The molecule has 0 aromatic carbocycles. The Kier molecular flexibility index (Phi) is 3.25. The molecule has 0 bridgehead atoms. The fourth-order valence-electron chi connectivity index (χ4n) is 1.74. The molecule has 1 aliphatic rings. The van der Waals surface area contributed by atoms with Crippen LogP contribution in [0.3, 0.4) is 0 Å². The van der Waals surface area contributed by atoms with Gasteiger partial charge < -0.3 is 10.2 Å². The lowest BCUT2D eigenvalue weighted by atomic mass is 10.0. The number of hydrogen-bond donors (Lipinski definition) is 3. The van der Waals surface area contributed by atoms with E-state index >= 15 is 0 Å². The number of nitrogens with one attached hydrogen (secondary N) is 1. The molecular weight excluding hydrogens is 215 g/mol. The van der Waals surface area contributed by atoms with E-state index in [1.54, 1.807) is 0 Å². The third-order valence-corrected chi connectivity index (χ3v) is 2.55. The van der Waals surface area contributed by atoms with Crippen LogP contribution >= 0.6 is 0 Å². The SMILES string of the molecule is O=C(O)C1CCC(O)(CNC(F)(F)F)C1. The first-order chi connectivity index (χ1) is 6.72. The van der Waals surface area contributed by atoms with Crippen LogP contribution in [-0.4, -0.2) is 34.6 Å². The Morgan fingerprint density at radius 1 is 1.53 bits per heavy atom. The molecule has 0 aliphatic heterocycles. The zero-order valence-corrected chi connectivity index (χ0v) is 7.84. The van der Waals surface area contributed by atoms with Gasteiger partial charge in [0, 0.05) is 6.54 Å². The standard InChI is InChI=1S/C8H12F3NO3/c9-8(10,11)12-4-7(15)2-1-5(3-7)6(13)14/h5,12,15H,1-4H2,(H,13,14). The van der Waals surface area contributed by atoms with Gasteiger partial charge in [0.2, 0.25) is 0 Å². The van der Waals surface area contributed by atoms with Gasteiger partial charge in [0.25, 0.3) is 0 Å². The minimum Gasteiger partial charge on any atom is -0.481 e. The number of carboxylic acids is 1. The van der Waals surface area contributed by atoms with Gasteiger partial charge in [-0.05, 0) is 19.3 Å². The molecule has 1 saturated carbocycles. The monoisotopic (exact) mass is 227 g/mol. The molecule has 0 radical (unpaired) electrons. The summed E-state index contributed by atoms with van der Waals surface area (Å²) in [6.45, 7) is -0.652. The Bertz CT molecular complexity index is 256. The maximum Gasteiger partial charge on any atom is 0.457 e. The summed E-state index contributed by atoms with van der Waals surface area (Å²) in [5.74, 6) is -1.82. The summed E-state index contributed by atoms with van der Waals surface area (Å²) in [4.78, 5) is 10.5. The van der Waals surface area contributed by atoms with Crippen molar-refractivity contribution in [2.24, 2.45) is 5.92 Å². The molecule has 1 rings (SSSR count). The van der Waals surface area contributed by atoms with Crippen LogP contribution in [0.15, 0.2) is 0 Å². The van der Waals surface area contributed by atoms with Crippen LogP contribution in [-0.2, 0) is 4.79 Å². The Morgan fingerprint density at radius 3 is 2.53 bits per heavy atom. The molecule has 0 heterocycles. The van der Waals surface area contributed by atoms with Crippen molar-refractivity contribution >= 4 is 5.97 Å². The van der Waals surface area contributed by atoms with Crippen LogP contribution in [0, 0.1) is 5.92 Å². The highest BCUT2D eigenvalue weighted by Gasteiger charge is 2.42. The number of carboxylic acid groups (broad SMARTS) is 1. The molecule has 1 aliphatic carbocycles. The zero-order valence-electron chi connectivity index (χ0n) is 7.84. The van der Waals surface area contributed by atoms with Gasteiger partial charge in [-0.1, -0.05) is 0 Å². The van der Waals surface area contributed by atoms with Crippen LogP contribution in [0.1, 0.15) is 19.3 Å². The predicted molar refractivity (Wildman–Crippen MR) is 44.0 cm³/mol. The second-order valence-corrected chi connectivity index (χ2v) is 3.85. The molecule has 0 spiro atoms.